The van der Waals surface area contributed by atoms with Crippen LogP contribution in [0.2, 0.25) is 0 Å². The number of amides is 2. The van der Waals surface area contributed by atoms with Gasteiger partial charge in [-0.05, 0) is 37.9 Å². The van der Waals surface area contributed by atoms with Gasteiger partial charge in [-0.1, -0.05) is 43.3 Å². The number of aliphatic hydroxyl groups excluding tert-OH is 1. The normalized spacial score (nSPS) is 19.3. The Bertz CT molecular complexity index is 1220. The molecule has 0 radical (unpaired) electrons. The van der Waals surface area contributed by atoms with E-state index in [0.717, 1.165) is 21.7 Å². The summed E-state index contributed by atoms with van der Waals surface area (Å²) in [7, 11) is 1.81. The number of rotatable bonds is 9. The van der Waals surface area contributed by atoms with Gasteiger partial charge in [-0.3, -0.25) is 9.59 Å². The molecule has 1 saturated heterocycles. The van der Waals surface area contributed by atoms with Gasteiger partial charge in [-0.25, -0.2) is 4.98 Å². The summed E-state index contributed by atoms with van der Waals surface area (Å²) in [6, 6.07) is 8.80. The molecule has 0 unspecified atom stereocenters. The van der Waals surface area contributed by atoms with Crippen molar-refractivity contribution in [2.45, 2.75) is 64.8 Å². The van der Waals surface area contributed by atoms with Crippen LogP contribution in [-0.4, -0.2) is 57.7 Å². The summed E-state index contributed by atoms with van der Waals surface area (Å²) < 4.78 is 5.51. The Kier molecular flexibility index (Phi) is 8.41. The molecule has 198 valence electrons. The van der Waals surface area contributed by atoms with E-state index in [1.165, 1.54) is 4.90 Å². The van der Waals surface area contributed by atoms with Crippen molar-refractivity contribution in [1.29, 1.82) is 0 Å². The second kappa shape index (κ2) is 11.5. The number of carbonyl (C=O) groups excluding carboxylic acids is 2. The first kappa shape index (κ1) is 27.0. The zero-order valence-electron chi connectivity index (χ0n) is 21.9. The summed E-state index contributed by atoms with van der Waals surface area (Å²) in [6.07, 6.45) is -0.570. The van der Waals surface area contributed by atoms with Gasteiger partial charge in [-0.15, -0.1) is 11.3 Å². The number of benzene rings is 1. The molecule has 4 atom stereocenters. The number of thiazole rings is 1. The molecule has 2 amide bonds. The molecule has 3 N–H and O–H groups in total. The zero-order chi connectivity index (χ0) is 26.7. The van der Waals surface area contributed by atoms with Crippen molar-refractivity contribution in [2.75, 3.05) is 13.6 Å². The molecule has 1 aliphatic rings. The SMILES string of the molecule is CNCc1cc([C@@H](C(=O)N2C[C@H](O)C[C@H]2C(=O)N[C@@H](C)c2ccc(-c3scnc3C)cc2)C(C)C)on1. The molecule has 1 aliphatic heterocycles. The van der Waals surface area contributed by atoms with Crippen LogP contribution in [0.25, 0.3) is 10.4 Å². The van der Waals surface area contributed by atoms with E-state index < -0.39 is 18.1 Å². The van der Waals surface area contributed by atoms with Crippen LogP contribution < -0.4 is 10.6 Å². The summed E-state index contributed by atoms with van der Waals surface area (Å²) in [5, 5.41) is 20.5. The van der Waals surface area contributed by atoms with Gasteiger partial charge in [0.15, 0.2) is 0 Å². The van der Waals surface area contributed by atoms with Crippen molar-refractivity contribution in [3.8, 4) is 10.4 Å². The van der Waals surface area contributed by atoms with Gasteiger partial charge in [0.25, 0.3) is 0 Å². The number of aryl methyl sites for hydroxylation is 1. The fourth-order valence-corrected chi connectivity index (χ4v) is 5.67. The second-order valence-electron chi connectivity index (χ2n) is 9.99. The van der Waals surface area contributed by atoms with E-state index in [2.05, 4.69) is 20.8 Å². The van der Waals surface area contributed by atoms with Gasteiger partial charge >= 0.3 is 0 Å². The van der Waals surface area contributed by atoms with Crippen LogP contribution in [-0.2, 0) is 16.1 Å². The van der Waals surface area contributed by atoms with E-state index in [4.69, 9.17) is 4.52 Å². The summed E-state index contributed by atoms with van der Waals surface area (Å²) in [5.41, 5.74) is 5.57. The number of hydrogen-bond donors (Lipinski definition) is 3. The van der Waals surface area contributed by atoms with Crippen molar-refractivity contribution in [1.82, 2.24) is 25.7 Å². The van der Waals surface area contributed by atoms with Crippen LogP contribution in [0.1, 0.15) is 61.9 Å². The Morgan fingerprint density at radius 1 is 1.24 bits per heavy atom. The molecule has 9 nitrogen and oxygen atoms in total. The first-order valence-corrected chi connectivity index (χ1v) is 13.5. The first-order chi connectivity index (χ1) is 17.7. The second-order valence-corrected chi connectivity index (χ2v) is 10.8. The lowest BCUT2D eigenvalue weighted by Crippen LogP contribution is -2.48. The number of aliphatic hydroxyl groups is 1. The van der Waals surface area contributed by atoms with Gasteiger partial charge in [0.1, 0.15) is 17.7 Å². The third-order valence-electron chi connectivity index (χ3n) is 6.82. The molecule has 0 aliphatic carbocycles. The Hall–Kier alpha value is -3.08. The topological polar surface area (TPSA) is 121 Å². The lowest BCUT2D eigenvalue weighted by molar-refractivity contribution is -0.141. The van der Waals surface area contributed by atoms with Crippen LogP contribution in [0.5, 0.6) is 0 Å². The summed E-state index contributed by atoms with van der Waals surface area (Å²) >= 11 is 1.60. The Labute approximate surface area is 221 Å². The van der Waals surface area contributed by atoms with E-state index in [9.17, 15) is 14.7 Å². The number of β-amino-alcohol motifs (C(OH)–C–C–N with tert-alkyl or cyclic N) is 1. The molecule has 10 heteroatoms. The standard InChI is InChI=1S/C27H35N5O4S/c1-15(2)24(23-10-20(12-28-5)31-36-23)27(35)32-13-21(33)11-22(32)26(34)30-16(3)18-6-8-19(9-7-18)25-17(4)29-14-37-25/h6-10,14-16,21-22,24,28,33H,11-13H2,1-5H3,(H,30,34)/t16-,21+,22-,24-/m0/s1. The maximum absolute atomic E-state index is 13.7. The van der Waals surface area contributed by atoms with Crippen LogP contribution in [0.4, 0.5) is 0 Å². The lowest BCUT2D eigenvalue weighted by atomic mass is 9.91. The summed E-state index contributed by atoms with van der Waals surface area (Å²) in [6.45, 7) is 8.40. The number of aromatic nitrogens is 2. The Morgan fingerprint density at radius 2 is 1.97 bits per heavy atom. The minimum Gasteiger partial charge on any atom is -0.391 e. The smallest absolute Gasteiger partial charge is 0.243 e. The van der Waals surface area contributed by atoms with Crippen LogP contribution in [0.15, 0.2) is 40.4 Å². The summed E-state index contributed by atoms with van der Waals surface area (Å²) in [5.74, 6) is -0.732. The highest BCUT2D eigenvalue weighted by Crippen LogP contribution is 2.32. The van der Waals surface area contributed by atoms with E-state index in [0.29, 0.717) is 18.0 Å². The Balaban J connectivity index is 1.47. The van der Waals surface area contributed by atoms with Crippen LogP contribution >= 0.6 is 11.3 Å². The number of likely N-dealkylation sites (tertiary alicyclic amines) is 1. The number of carbonyl (C=O) groups is 2. The number of hydrogen-bond acceptors (Lipinski definition) is 8. The van der Waals surface area contributed by atoms with E-state index >= 15 is 0 Å². The van der Waals surface area contributed by atoms with Gasteiger partial charge < -0.3 is 25.2 Å². The fraction of sp³-hybridized carbons (Fsp3) is 0.481. The zero-order valence-corrected chi connectivity index (χ0v) is 22.7. The highest BCUT2D eigenvalue weighted by Gasteiger charge is 2.43. The van der Waals surface area contributed by atoms with Crippen molar-refractivity contribution in [3.63, 3.8) is 0 Å². The minimum atomic E-state index is -0.765. The molecule has 1 aromatic carbocycles. The molecule has 1 fully saturated rings. The molecule has 0 saturated carbocycles. The predicted molar refractivity (Wildman–Crippen MR) is 142 cm³/mol. The van der Waals surface area contributed by atoms with Crippen LogP contribution in [0.3, 0.4) is 0 Å². The maximum Gasteiger partial charge on any atom is 0.243 e. The van der Waals surface area contributed by atoms with E-state index in [1.807, 2.05) is 64.5 Å². The number of nitrogens with one attached hydrogen (secondary N) is 2. The Morgan fingerprint density at radius 3 is 2.59 bits per heavy atom. The summed E-state index contributed by atoms with van der Waals surface area (Å²) in [4.78, 5) is 33.9. The van der Waals surface area contributed by atoms with Crippen LogP contribution in [0, 0.1) is 12.8 Å². The molecular formula is C27H35N5O4S. The minimum absolute atomic E-state index is 0.0797. The van der Waals surface area contributed by atoms with Crippen molar-refractivity contribution < 1.29 is 19.2 Å². The van der Waals surface area contributed by atoms with E-state index in [-0.39, 0.29) is 36.7 Å². The first-order valence-electron chi connectivity index (χ1n) is 12.6. The average Bonchev–Trinajstić information content (AvgIpc) is 3.59. The third-order valence-corrected chi connectivity index (χ3v) is 7.79. The highest BCUT2D eigenvalue weighted by molar-refractivity contribution is 7.13. The molecule has 0 spiro atoms. The molecule has 37 heavy (non-hydrogen) atoms. The number of nitrogens with zero attached hydrogens (tertiary/aromatic N) is 3. The van der Waals surface area contributed by atoms with Gasteiger partial charge in [0.05, 0.1) is 33.9 Å². The van der Waals surface area contributed by atoms with Gasteiger partial charge in [0.2, 0.25) is 11.8 Å². The van der Waals surface area contributed by atoms with Gasteiger partial charge in [-0.2, -0.15) is 0 Å². The lowest BCUT2D eigenvalue weighted by Gasteiger charge is -2.29. The fourth-order valence-electron chi connectivity index (χ4n) is 4.85. The van der Waals surface area contributed by atoms with Crippen molar-refractivity contribution >= 4 is 23.2 Å². The molecular weight excluding hydrogens is 490 g/mol. The third kappa shape index (κ3) is 5.92. The predicted octanol–water partition coefficient (Wildman–Crippen LogP) is 3.40. The molecule has 3 aromatic rings. The van der Waals surface area contributed by atoms with Crippen molar-refractivity contribution in [3.05, 3.63) is 58.6 Å². The maximum atomic E-state index is 13.7. The molecule has 4 rings (SSSR count). The van der Waals surface area contributed by atoms with Crippen molar-refractivity contribution in [2.24, 2.45) is 5.92 Å². The molecule has 3 heterocycles. The molecule has 0 bridgehead atoms. The van der Waals surface area contributed by atoms with E-state index in [1.54, 1.807) is 17.4 Å². The quantitative estimate of drug-likeness (QED) is 0.392. The van der Waals surface area contributed by atoms with Gasteiger partial charge in [0, 0.05) is 25.6 Å². The average molecular weight is 526 g/mol. The molecule has 2 aromatic heterocycles. The monoisotopic (exact) mass is 525 g/mol. The largest absolute Gasteiger partial charge is 0.391 e. The highest BCUT2D eigenvalue weighted by atomic mass is 32.1.